The van der Waals surface area contributed by atoms with Gasteiger partial charge in [-0.2, -0.15) is 8.42 Å². The van der Waals surface area contributed by atoms with Crippen LogP contribution in [0, 0.1) is 41.4 Å². The predicted molar refractivity (Wildman–Crippen MR) is 135 cm³/mol. The predicted octanol–water partition coefficient (Wildman–Crippen LogP) is 5.72. The molecule has 35 heavy (non-hydrogen) atoms. The highest BCUT2D eigenvalue weighted by atomic mass is 32.2. The van der Waals surface area contributed by atoms with Crippen molar-refractivity contribution >= 4 is 21.9 Å². The van der Waals surface area contributed by atoms with E-state index in [2.05, 4.69) is 6.92 Å². The second-order valence-corrected chi connectivity index (χ2v) is 13.1. The molecule has 0 bridgehead atoms. The molecule has 0 amide bonds. The molecule has 0 radical (unpaired) electrons. The van der Waals surface area contributed by atoms with Crippen LogP contribution in [0.4, 0.5) is 0 Å². The Bertz CT molecular complexity index is 1010. The number of hydrogen-bond donors (Lipinski definition) is 0. The molecule has 3 rings (SSSR count). The van der Waals surface area contributed by atoms with E-state index in [4.69, 9.17) is 8.92 Å². The standard InChI is InChI=1S/C28H42O6S/c1-19(2)24(29)14-13-23-21(18-34-35(31,32)22-11-8-20(3)9-12-22)10-15-25-27(23,4)16-7-17-28(25,5)26(30)33-6/h8-9,11-12,19,21,23,25H,7,10,13-18H2,1-6H3. The summed E-state index contributed by atoms with van der Waals surface area (Å²) >= 11 is 0. The first-order valence-electron chi connectivity index (χ1n) is 12.9. The third kappa shape index (κ3) is 5.66. The lowest BCUT2D eigenvalue weighted by molar-refractivity contribution is -0.174. The Balaban J connectivity index is 1.87. The summed E-state index contributed by atoms with van der Waals surface area (Å²) in [6.07, 6.45) is 5.36. The van der Waals surface area contributed by atoms with E-state index in [1.807, 2.05) is 27.7 Å². The highest BCUT2D eigenvalue weighted by Crippen LogP contribution is 2.62. The van der Waals surface area contributed by atoms with Crippen molar-refractivity contribution in [3.05, 3.63) is 29.8 Å². The average Bonchev–Trinajstić information content (AvgIpc) is 2.81. The minimum atomic E-state index is -3.87. The molecule has 5 atom stereocenters. The summed E-state index contributed by atoms with van der Waals surface area (Å²) in [5.74, 6) is 0.222. The van der Waals surface area contributed by atoms with Gasteiger partial charge in [0.2, 0.25) is 0 Å². The molecule has 6 nitrogen and oxygen atoms in total. The van der Waals surface area contributed by atoms with Gasteiger partial charge in [0.1, 0.15) is 5.78 Å². The van der Waals surface area contributed by atoms with E-state index in [9.17, 15) is 18.0 Å². The molecule has 7 heteroatoms. The maximum atomic E-state index is 12.9. The van der Waals surface area contributed by atoms with Crippen molar-refractivity contribution in [2.75, 3.05) is 13.7 Å². The van der Waals surface area contributed by atoms with Crippen LogP contribution >= 0.6 is 0 Å². The monoisotopic (exact) mass is 506 g/mol. The Morgan fingerprint density at radius 3 is 2.34 bits per heavy atom. The van der Waals surface area contributed by atoms with E-state index in [0.29, 0.717) is 12.8 Å². The molecule has 1 aromatic carbocycles. The lowest BCUT2D eigenvalue weighted by atomic mass is 9.45. The van der Waals surface area contributed by atoms with Crippen LogP contribution in [0.15, 0.2) is 29.2 Å². The number of aryl methyl sites for hydroxylation is 1. The summed E-state index contributed by atoms with van der Waals surface area (Å²) in [4.78, 5) is 25.6. The van der Waals surface area contributed by atoms with Crippen LogP contribution < -0.4 is 0 Å². The third-order valence-corrected chi connectivity index (χ3v) is 10.3. The summed E-state index contributed by atoms with van der Waals surface area (Å²) in [7, 11) is -2.42. The summed E-state index contributed by atoms with van der Waals surface area (Å²) in [6, 6.07) is 6.67. The minimum Gasteiger partial charge on any atom is -0.469 e. The van der Waals surface area contributed by atoms with Crippen molar-refractivity contribution in [3.8, 4) is 0 Å². The first-order chi connectivity index (χ1) is 16.3. The van der Waals surface area contributed by atoms with Crippen molar-refractivity contribution in [1.82, 2.24) is 0 Å². The topological polar surface area (TPSA) is 86.7 Å². The number of Topliss-reactive ketones (excluding diaryl/α,β-unsaturated/α-hetero) is 1. The zero-order valence-corrected chi connectivity index (χ0v) is 22.9. The molecule has 1 aromatic rings. The number of hydrogen-bond acceptors (Lipinski definition) is 6. The van der Waals surface area contributed by atoms with Gasteiger partial charge in [0.15, 0.2) is 0 Å². The van der Waals surface area contributed by atoms with Gasteiger partial charge in [-0.05, 0) is 81.3 Å². The lowest BCUT2D eigenvalue weighted by Gasteiger charge is -2.59. The fourth-order valence-electron chi connectivity index (χ4n) is 6.90. The Morgan fingerprint density at radius 1 is 1.09 bits per heavy atom. The van der Waals surface area contributed by atoms with E-state index in [1.54, 1.807) is 24.3 Å². The number of rotatable bonds is 9. The molecule has 2 aliphatic carbocycles. The quantitative estimate of drug-likeness (QED) is 0.315. The molecule has 2 fully saturated rings. The number of methoxy groups -OCH3 is 1. The summed E-state index contributed by atoms with van der Waals surface area (Å²) in [5.41, 5.74) is 0.219. The number of benzene rings is 1. The van der Waals surface area contributed by atoms with E-state index < -0.39 is 15.5 Å². The number of carbonyl (C=O) groups is 2. The Hall–Kier alpha value is -1.73. The van der Waals surface area contributed by atoms with Crippen LogP contribution in [-0.4, -0.2) is 33.9 Å². The Morgan fingerprint density at radius 2 is 1.74 bits per heavy atom. The smallest absolute Gasteiger partial charge is 0.311 e. The van der Waals surface area contributed by atoms with Crippen LogP contribution in [0.3, 0.4) is 0 Å². The second-order valence-electron chi connectivity index (χ2n) is 11.5. The molecule has 5 unspecified atom stereocenters. The fourth-order valence-corrected chi connectivity index (χ4v) is 7.86. The van der Waals surface area contributed by atoms with Crippen LogP contribution in [0.1, 0.15) is 78.2 Å². The molecule has 196 valence electrons. The van der Waals surface area contributed by atoms with Gasteiger partial charge >= 0.3 is 5.97 Å². The summed E-state index contributed by atoms with van der Waals surface area (Å²) in [5, 5.41) is 0. The molecule has 0 aliphatic heterocycles. The average molecular weight is 507 g/mol. The number of ether oxygens (including phenoxy) is 1. The van der Waals surface area contributed by atoms with Gasteiger partial charge in [0, 0.05) is 12.3 Å². The molecular weight excluding hydrogens is 464 g/mol. The molecule has 0 saturated heterocycles. The van der Waals surface area contributed by atoms with Gasteiger partial charge in [-0.25, -0.2) is 0 Å². The summed E-state index contributed by atoms with van der Waals surface area (Å²) < 4.78 is 36.7. The number of ketones is 1. The van der Waals surface area contributed by atoms with Gasteiger partial charge in [-0.1, -0.05) is 44.9 Å². The van der Waals surface area contributed by atoms with E-state index in [1.165, 1.54) is 7.11 Å². The highest BCUT2D eigenvalue weighted by Gasteiger charge is 2.59. The maximum Gasteiger partial charge on any atom is 0.311 e. The van der Waals surface area contributed by atoms with Crippen LogP contribution in [0.25, 0.3) is 0 Å². The van der Waals surface area contributed by atoms with Crippen LogP contribution in [0.5, 0.6) is 0 Å². The lowest BCUT2D eigenvalue weighted by Crippen LogP contribution is -2.55. The van der Waals surface area contributed by atoms with Crippen molar-refractivity contribution < 1.29 is 26.9 Å². The molecule has 2 saturated carbocycles. The normalized spacial score (nSPS) is 31.1. The van der Waals surface area contributed by atoms with E-state index in [0.717, 1.165) is 37.7 Å². The Labute approximate surface area is 211 Å². The summed E-state index contributed by atoms with van der Waals surface area (Å²) in [6.45, 7) is 10.1. The zero-order valence-electron chi connectivity index (χ0n) is 22.1. The maximum absolute atomic E-state index is 12.9. The molecule has 0 aromatic heterocycles. The van der Waals surface area contributed by atoms with Gasteiger partial charge < -0.3 is 4.74 Å². The number of fused-ring (bicyclic) bond motifs is 1. The first-order valence-corrected chi connectivity index (χ1v) is 14.3. The van der Waals surface area contributed by atoms with Gasteiger partial charge in [0.05, 0.1) is 24.0 Å². The van der Waals surface area contributed by atoms with Gasteiger partial charge in [0.25, 0.3) is 10.1 Å². The van der Waals surface area contributed by atoms with Crippen LogP contribution in [0.2, 0.25) is 0 Å². The van der Waals surface area contributed by atoms with Crippen molar-refractivity contribution in [2.24, 2.45) is 34.5 Å². The molecular formula is C28H42O6S. The molecule has 0 heterocycles. The zero-order chi connectivity index (χ0) is 26.0. The number of carbonyl (C=O) groups excluding carboxylic acids is 2. The van der Waals surface area contributed by atoms with E-state index >= 15 is 0 Å². The van der Waals surface area contributed by atoms with Crippen molar-refractivity contribution in [1.29, 1.82) is 0 Å². The van der Waals surface area contributed by atoms with Crippen molar-refractivity contribution in [3.63, 3.8) is 0 Å². The largest absolute Gasteiger partial charge is 0.469 e. The number of esters is 1. The van der Waals surface area contributed by atoms with E-state index in [-0.39, 0.29) is 52.3 Å². The minimum absolute atomic E-state index is 0.00330. The van der Waals surface area contributed by atoms with Gasteiger partial charge in [-0.15, -0.1) is 0 Å². The SMILES string of the molecule is COC(=O)C1(C)CCCC2(C)C(CCC(=O)C(C)C)C(COS(=O)(=O)c3ccc(C)cc3)CCC12. The third-order valence-electron chi connectivity index (χ3n) is 8.96. The van der Waals surface area contributed by atoms with Crippen molar-refractivity contribution in [2.45, 2.75) is 84.5 Å². The molecule has 0 N–H and O–H groups in total. The first kappa shape index (κ1) is 27.9. The second kappa shape index (κ2) is 10.7. The Kier molecular flexibility index (Phi) is 8.53. The van der Waals surface area contributed by atoms with Crippen LogP contribution in [-0.2, 0) is 28.6 Å². The molecule has 2 aliphatic rings. The highest BCUT2D eigenvalue weighted by molar-refractivity contribution is 7.86. The molecule has 0 spiro atoms. The fraction of sp³-hybridized carbons (Fsp3) is 0.714. The van der Waals surface area contributed by atoms with Gasteiger partial charge in [-0.3, -0.25) is 13.8 Å².